The Morgan fingerprint density at radius 2 is 1.80 bits per heavy atom. The molecule has 1 atom stereocenters. The highest BCUT2D eigenvalue weighted by Crippen LogP contribution is 2.15. The van der Waals surface area contributed by atoms with Crippen molar-refractivity contribution in [3.8, 4) is 0 Å². The van der Waals surface area contributed by atoms with Crippen LogP contribution in [0.2, 0.25) is 0 Å². The summed E-state index contributed by atoms with van der Waals surface area (Å²) in [5.74, 6) is -0.881. The van der Waals surface area contributed by atoms with Crippen molar-refractivity contribution >= 4 is 23.3 Å². The molecule has 1 unspecified atom stereocenters. The van der Waals surface area contributed by atoms with Gasteiger partial charge in [0.05, 0.1) is 5.56 Å². The summed E-state index contributed by atoms with van der Waals surface area (Å²) in [6, 6.07) is 14.7. The van der Waals surface area contributed by atoms with E-state index >= 15 is 0 Å². The second-order valence-electron chi connectivity index (χ2n) is 6.03. The number of hydrogen-bond donors (Lipinski definition) is 1. The average molecular weight is 340 g/mol. The number of benzene rings is 2. The van der Waals surface area contributed by atoms with Gasteiger partial charge >= 0.3 is 5.97 Å². The van der Waals surface area contributed by atoms with E-state index in [2.05, 4.69) is 12.2 Å². The summed E-state index contributed by atoms with van der Waals surface area (Å²) < 4.78 is 5.28. The minimum Gasteiger partial charge on any atom is -0.449 e. The lowest BCUT2D eigenvalue weighted by Gasteiger charge is -2.16. The first-order chi connectivity index (χ1) is 11.9. The second-order valence-corrected chi connectivity index (χ2v) is 6.03. The zero-order chi connectivity index (χ0) is 18.4. The van der Waals surface area contributed by atoms with Gasteiger partial charge in [-0.25, -0.2) is 4.79 Å². The van der Waals surface area contributed by atoms with Gasteiger partial charge in [0.2, 0.25) is 0 Å². The van der Waals surface area contributed by atoms with Gasteiger partial charge in [-0.2, -0.15) is 0 Å². The van der Waals surface area contributed by atoms with Crippen LogP contribution in [0.4, 0.5) is 11.4 Å². The molecule has 0 fully saturated rings. The zero-order valence-electron chi connectivity index (χ0n) is 15.1. The van der Waals surface area contributed by atoms with Crippen molar-refractivity contribution in [3.63, 3.8) is 0 Å². The van der Waals surface area contributed by atoms with Crippen LogP contribution in [0.1, 0.15) is 29.8 Å². The summed E-state index contributed by atoms with van der Waals surface area (Å²) in [6.07, 6.45) is 0.0511. The number of nitrogens with zero attached hydrogens (tertiary/aromatic N) is 1. The molecule has 132 valence electrons. The van der Waals surface area contributed by atoms with Crippen LogP contribution in [-0.4, -0.2) is 32.1 Å². The number of carbonyl (C=O) groups is 2. The molecule has 0 aromatic heterocycles. The van der Waals surface area contributed by atoms with Gasteiger partial charge in [0.25, 0.3) is 5.91 Å². The van der Waals surface area contributed by atoms with Crippen molar-refractivity contribution in [1.29, 1.82) is 0 Å². The predicted molar refractivity (Wildman–Crippen MR) is 100 cm³/mol. The molecular weight excluding hydrogens is 316 g/mol. The Labute approximate surface area is 148 Å². The molecule has 0 bridgehead atoms. The maximum absolute atomic E-state index is 12.2. The zero-order valence-corrected chi connectivity index (χ0v) is 15.1. The van der Waals surface area contributed by atoms with Gasteiger partial charge in [-0.15, -0.1) is 0 Å². The minimum atomic E-state index is -0.888. The first kappa shape index (κ1) is 18.5. The molecule has 0 aliphatic carbocycles. The van der Waals surface area contributed by atoms with E-state index in [4.69, 9.17) is 4.74 Å². The molecular formula is C20H24N2O3. The lowest BCUT2D eigenvalue weighted by molar-refractivity contribution is -0.123. The topological polar surface area (TPSA) is 58.6 Å². The van der Waals surface area contributed by atoms with Crippen LogP contribution in [0, 0.1) is 0 Å². The van der Waals surface area contributed by atoms with Crippen LogP contribution < -0.4 is 10.2 Å². The summed E-state index contributed by atoms with van der Waals surface area (Å²) in [4.78, 5) is 26.4. The molecule has 25 heavy (non-hydrogen) atoms. The van der Waals surface area contributed by atoms with E-state index in [-0.39, 0.29) is 5.91 Å². The summed E-state index contributed by atoms with van der Waals surface area (Å²) in [6.45, 7) is 3.63. The number of anilines is 2. The number of nitrogens with one attached hydrogen (secondary N) is 1. The van der Waals surface area contributed by atoms with E-state index < -0.39 is 12.1 Å². The van der Waals surface area contributed by atoms with E-state index in [1.807, 2.05) is 49.3 Å². The van der Waals surface area contributed by atoms with Crippen LogP contribution in [0.5, 0.6) is 0 Å². The van der Waals surface area contributed by atoms with Crippen molar-refractivity contribution in [1.82, 2.24) is 0 Å². The van der Waals surface area contributed by atoms with Crippen LogP contribution in [0.3, 0.4) is 0 Å². The van der Waals surface area contributed by atoms with E-state index in [1.54, 1.807) is 25.1 Å². The van der Waals surface area contributed by atoms with Crippen LogP contribution in [0.25, 0.3) is 0 Å². The normalized spacial score (nSPS) is 11.5. The molecule has 0 saturated carbocycles. The Hall–Kier alpha value is -2.82. The standard InChI is InChI=1S/C20H24N2O3/c1-5-15-9-11-17(12-10-15)21-19(23)14(2)25-20(24)16-7-6-8-18(13-16)22(3)4/h6-14H,5H2,1-4H3,(H,21,23). The van der Waals surface area contributed by atoms with Gasteiger partial charge in [-0.05, 0) is 49.2 Å². The molecule has 5 heteroatoms. The molecule has 1 N–H and O–H groups in total. The largest absolute Gasteiger partial charge is 0.449 e. The Bertz CT molecular complexity index is 739. The lowest BCUT2D eigenvalue weighted by Crippen LogP contribution is -2.30. The van der Waals surface area contributed by atoms with E-state index in [1.165, 1.54) is 5.56 Å². The van der Waals surface area contributed by atoms with E-state index in [0.717, 1.165) is 12.1 Å². The van der Waals surface area contributed by atoms with Crippen LogP contribution in [-0.2, 0) is 16.0 Å². The number of rotatable bonds is 6. The second kappa shape index (κ2) is 8.33. The van der Waals surface area contributed by atoms with Gasteiger partial charge in [0, 0.05) is 25.5 Å². The average Bonchev–Trinajstić information content (AvgIpc) is 2.62. The van der Waals surface area contributed by atoms with Gasteiger partial charge in [0.1, 0.15) is 0 Å². The van der Waals surface area contributed by atoms with Gasteiger partial charge in [-0.1, -0.05) is 25.1 Å². The third kappa shape index (κ3) is 5.08. The first-order valence-corrected chi connectivity index (χ1v) is 8.29. The summed E-state index contributed by atoms with van der Waals surface area (Å²) in [7, 11) is 3.79. The molecule has 1 amide bonds. The minimum absolute atomic E-state index is 0.360. The molecule has 0 aliphatic rings. The fraction of sp³-hybridized carbons (Fsp3) is 0.300. The molecule has 0 spiro atoms. The molecule has 2 aromatic carbocycles. The van der Waals surface area contributed by atoms with Crippen molar-refractivity contribution in [3.05, 3.63) is 59.7 Å². The van der Waals surface area contributed by atoms with Gasteiger partial charge in [-0.3, -0.25) is 4.79 Å². The highest BCUT2D eigenvalue weighted by Gasteiger charge is 2.19. The summed E-state index contributed by atoms with van der Waals surface area (Å²) in [5, 5.41) is 2.76. The number of amides is 1. The van der Waals surface area contributed by atoms with Crippen molar-refractivity contribution in [2.45, 2.75) is 26.4 Å². The maximum Gasteiger partial charge on any atom is 0.338 e. The van der Waals surface area contributed by atoms with Crippen LogP contribution in [0.15, 0.2) is 48.5 Å². The molecule has 0 heterocycles. The van der Waals surface area contributed by atoms with Crippen molar-refractivity contribution < 1.29 is 14.3 Å². The molecule has 5 nitrogen and oxygen atoms in total. The van der Waals surface area contributed by atoms with Crippen molar-refractivity contribution in [2.24, 2.45) is 0 Å². The summed E-state index contributed by atoms with van der Waals surface area (Å²) in [5.41, 5.74) is 3.18. The van der Waals surface area contributed by atoms with Gasteiger partial charge in [0.15, 0.2) is 6.10 Å². The van der Waals surface area contributed by atoms with Crippen molar-refractivity contribution in [2.75, 3.05) is 24.3 Å². The SMILES string of the molecule is CCc1ccc(NC(=O)C(C)OC(=O)c2cccc(N(C)C)c2)cc1. The monoisotopic (exact) mass is 340 g/mol. The van der Waals surface area contributed by atoms with Crippen LogP contribution >= 0.6 is 0 Å². The summed E-state index contributed by atoms with van der Waals surface area (Å²) >= 11 is 0. The molecule has 0 radical (unpaired) electrons. The quantitative estimate of drug-likeness (QED) is 0.818. The highest BCUT2D eigenvalue weighted by atomic mass is 16.5. The predicted octanol–water partition coefficient (Wildman–Crippen LogP) is 3.50. The molecule has 0 aliphatic heterocycles. The Morgan fingerprint density at radius 1 is 1.12 bits per heavy atom. The molecule has 2 rings (SSSR count). The first-order valence-electron chi connectivity index (χ1n) is 8.29. The Balaban J connectivity index is 1.97. The molecule has 2 aromatic rings. The van der Waals surface area contributed by atoms with Gasteiger partial charge < -0.3 is 15.0 Å². The number of esters is 1. The Kier molecular flexibility index (Phi) is 6.17. The smallest absolute Gasteiger partial charge is 0.338 e. The van der Waals surface area contributed by atoms with E-state index in [9.17, 15) is 9.59 Å². The number of carbonyl (C=O) groups excluding carboxylic acids is 2. The highest BCUT2D eigenvalue weighted by molar-refractivity contribution is 5.97. The van der Waals surface area contributed by atoms with E-state index in [0.29, 0.717) is 11.3 Å². The Morgan fingerprint density at radius 3 is 2.40 bits per heavy atom. The number of ether oxygens (including phenoxy) is 1. The third-order valence-electron chi connectivity index (χ3n) is 3.88. The fourth-order valence-corrected chi connectivity index (χ4v) is 2.26. The molecule has 0 saturated heterocycles. The third-order valence-corrected chi connectivity index (χ3v) is 3.88. The number of aryl methyl sites for hydroxylation is 1. The maximum atomic E-state index is 12.2. The fourth-order valence-electron chi connectivity index (χ4n) is 2.26. The lowest BCUT2D eigenvalue weighted by atomic mass is 10.1. The number of hydrogen-bond acceptors (Lipinski definition) is 4.